The Morgan fingerprint density at radius 2 is 2.12 bits per heavy atom. The lowest BCUT2D eigenvalue weighted by atomic mass is 10.3. The molecule has 0 unspecified atom stereocenters. The van der Waals surface area contributed by atoms with Crippen LogP contribution in [0, 0.1) is 6.92 Å². The smallest absolute Gasteiger partial charge is 0.234 e. The van der Waals surface area contributed by atoms with Crippen LogP contribution in [0.4, 0.5) is 5.69 Å². The van der Waals surface area contributed by atoms with E-state index in [2.05, 4.69) is 15.0 Å². The third-order valence-electron chi connectivity index (χ3n) is 2.25. The van der Waals surface area contributed by atoms with Gasteiger partial charge in [-0.3, -0.25) is 9.71 Å². The van der Waals surface area contributed by atoms with E-state index in [1.54, 1.807) is 25.3 Å². The second kappa shape index (κ2) is 6.56. The number of rotatable bonds is 7. The maximum atomic E-state index is 11.7. The van der Waals surface area contributed by atoms with E-state index in [0.29, 0.717) is 17.9 Å². The topological polar surface area (TPSA) is 71.1 Å². The van der Waals surface area contributed by atoms with Gasteiger partial charge in [-0.1, -0.05) is 6.92 Å². The molecule has 0 spiro atoms. The highest BCUT2D eigenvalue weighted by molar-refractivity contribution is 7.92. The minimum absolute atomic E-state index is 0.0708. The van der Waals surface area contributed by atoms with Crippen molar-refractivity contribution in [3.63, 3.8) is 0 Å². The van der Waals surface area contributed by atoms with E-state index in [1.807, 2.05) is 6.92 Å². The van der Waals surface area contributed by atoms with Gasteiger partial charge in [-0.25, -0.2) is 8.42 Å². The number of sulfonamides is 1. The lowest BCUT2D eigenvalue weighted by Gasteiger charge is -2.09. The monoisotopic (exact) mass is 257 g/mol. The zero-order valence-corrected chi connectivity index (χ0v) is 11.0. The lowest BCUT2D eigenvalue weighted by molar-refractivity contribution is 0.595. The van der Waals surface area contributed by atoms with Gasteiger partial charge < -0.3 is 5.32 Å². The average molecular weight is 257 g/mol. The van der Waals surface area contributed by atoms with Gasteiger partial charge in [-0.15, -0.1) is 0 Å². The Balaban J connectivity index is 2.52. The molecule has 1 rings (SSSR count). The summed E-state index contributed by atoms with van der Waals surface area (Å²) < 4.78 is 26.0. The Bertz CT molecular complexity index is 446. The highest BCUT2D eigenvalue weighted by Gasteiger charge is 2.11. The maximum Gasteiger partial charge on any atom is 0.234 e. The van der Waals surface area contributed by atoms with Crippen LogP contribution in [0.1, 0.15) is 19.0 Å². The van der Waals surface area contributed by atoms with E-state index in [-0.39, 0.29) is 5.75 Å². The van der Waals surface area contributed by atoms with Crippen LogP contribution >= 0.6 is 0 Å². The summed E-state index contributed by atoms with van der Waals surface area (Å²) in [6.07, 6.45) is 2.63. The summed E-state index contributed by atoms with van der Waals surface area (Å²) in [6.45, 7) is 5.11. The molecule has 0 saturated carbocycles. The summed E-state index contributed by atoms with van der Waals surface area (Å²) in [5.74, 6) is 0.0708. The molecule has 0 saturated heterocycles. The standard InChI is InChI=1S/C11H19N3O2S/c1-3-6-12-8-9-17(15,16)14-11-5-4-7-13-10(11)2/h4-5,7,12,14H,3,6,8-9H2,1-2H3. The molecule has 2 N–H and O–H groups in total. The summed E-state index contributed by atoms with van der Waals surface area (Å²) in [5, 5.41) is 3.06. The van der Waals surface area contributed by atoms with Crippen LogP contribution in [0.5, 0.6) is 0 Å². The largest absolute Gasteiger partial charge is 0.316 e. The van der Waals surface area contributed by atoms with Crippen molar-refractivity contribution in [3.05, 3.63) is 24.0 Å². The summed E-state index contributed by atoms with van der Waals surface area (Å²) in [6, 6.07) is 3.42. The molecule has 1 aromatic heterocycles. The van der Waals surface area contributed by atoms with Gasteiger partial charge in [0.25, 0.3) is 0 Å². The van der Waals surface area contributed by atoms with E-state index < -0.39 is 10.0 Å². The molecule has 1 aromatic rings. The molecule has 0 aliphatic heterocycles. The highest BCUT2D eigenvalue weighted by Crippen LogP contribution is 2.12. The van der Waals surface area contributed by atoms with Crippen molar-refractivity contribution >= 4 is 15.7 Å². The molecule has 0 aromatic carbocycles. The second-order valence-corrected chi connectivity index (χ2v) is 5.65. The third-order valence-corrected chi connectivity index (χ3v) is 3.52. The van der Waals surface area contributed by atoms with Gasteiger partial charge in [-0.2, -0.15) is 0 Å². The molecule has 0 amide bonds. The molecule has 96 valence electrons. The third kappa shape index (κ3) is 5.14. The Hall–Kier alpha value is -1.14. The fourth-order valence-corrected chi connectivity index (χ4v) is 2.38. The predicted molar refractivity (Wildman–Crippen MR) is 69.5 cm³/mol. The molecule has 6 heteroatoms. The number of aryl methyl sites for hydroxylation is 1. The summed E-state index contributed by atoms with van der Waals surface area (Å²) in [5.41, 5.74) is 1.22. The number of pyridine rings is 1. The lowest BCUT2D eigenvalue weighted by Crippen LogP contribution is -2.27. The number of anilines is 1. The number of hydrogen-bond donors (Lipinski definition) is 2. The molecule has 5 nitrogen and oxygen atoms in total. The first-order valence-corrected chi connectivity index (χ1v) is 7.33. The molecule has 17 heavy (non-hydrogen) atoms. The van der Waals surface area contributed by atoms with Crippen molar-refractivity contribution in [1.82, 2.24) is 10.3 Å². The number of hydrogen-bond acceptors (Lipinski definition) is 4. The van der Waals surface area contributed by atoms with Gasteiger partial charge in [0.05, 0.1) is 17.1 Å². The Morgan fingerprint density at radius 1 is 1.35 bits per heavy atom. The molecule has 0 bridgehead atoms. The first kappa shape index (κ1) is 13.9. The number of nitrogens with one attached hydrogen (secondary N) is 2. The molecular formula is C11H19N3O2S. The van der Waals surface area contributed by atoms with E-state index >= 15 is 0 Å². The van der Waals surface area contributed by atoms with Gasteiger partial charge in [0.1, 0.15) is 0 Å². The van der Waals surface area contributed by atoms with Crippen LogP contribution in [0.2, 0.25) is 0 Å². The Morgan fingerprint density at radius 3 is 2.76 bits per heavy atom. The van der Waals surface area contributed by atoms with Crippen LogP contribution < -0.4 is 10.0 Å². The van der Waals surface area contributed by atoms with E-state index in [1.165, 1.54) is 0 Å². The second-order valence-electron chi connectivity index (χ2n) is 3.81. The average Bonchev–Trinajstić information content (AvgIpc) is 2.28. The van der Waals surface area contributed by atoms with Gasteiger partial charge in [0.2, 0.25) is 10.0 Å². The van der Waals surface area contributed by atoms with Crippen molar-refractivity contribution < 1.29 is 8.42 Å². The van der Waals surface area contributed by atoms with E-state index in [0.717, 1.165) is 13.0 Å². The van der Waals surface area contributed by atoms with Crippen molar-refractivity contribution in [2.45, 2.75) is 20.3 Å². The molecule has 1 heterocycles. The molecule has 0 radical (unpaired) electrons. The number of nitrogens with zero attached hydrogens (tertiary/aromatic N) is 1. The van der Waals surface area contributed by atoms with Crippen LogP contribution in [0.3, 0.4) is 0 Å². The Labute approximate surface area is 103 Å². The fourth-order valence-electron chi connectivity index (χ4n) is 1.32. The van der Waals surface area contributed by atoms with Crippen molar-refractivity contribution in [2.24, 2.45) is 0 Å². The summed E-state index contributed by atoms with van der Waals surface area (Å²) in [4.78, 5) is 4.03. The SMILES string of the molecule is CCCNCCS(=O)(=O)Nc1cccnc1C. The van der Waals surface area contributed by atoms with E-state index in [9.17, 15) is 8.42 Å². The van der Waals surface area contributed by atoms with Gasteiger partial charge in [0, 0.05) is 12.7 Å². The van der Waals surface area contributed by atoms with Crippen molar-refractivity contribution in [3.8, 4) is 0 Å². The van der Waals surface area contributed by atoms with E-state index in [4.69, 9.17) is 0 Å². The quantitative estimate of drug-likeness (QED) is 0.718. The van der Waals surface area contributed by atoms with Crippen molar-refractivity contribution in [1.29, 1.82) is 0 Å². The molecule has 0 atom stereocenters. The van der Waals surface area contributed by atoms with Crippen LogP contribution in [-0.4, -0.2) is 32.2 Å². The zero-order valence-electron chi connectivity index (χ0n) is 10.2. The maximum absolute atomic E-state index is 11.7. The minimum atomic E-state index is -3.29. The molecular weight excluding hydrogens is 238 g/mol. The van der Waals surface area contributed by atoms with Gasteiger partial charge >= 0.3 is 0 Å². The molecule has 0 aliphatic rings. The fraction of sp³-hybridized carbons (Fsp3) is 0.545. The molecule has 0 fully saturated rings. The first-order valence-electron chi connectivity index (χ1n) is 5.68. The van der Waals surface area contributed by atoms with Gasteiger partial charge in [0.15, 0.2) is 0 Å². The number of aromatic nitrogens is 1. The minimum Gasteiger partial charge on any atom is -0.316 e. The van der Waals surface area contributed by atoms with Gasteiger partial charge in [-0.05, 0) is 32.0 Å². The first-order chi connectivity index (χ1) is 8.05. The van der Waals surface area contributed by atoms with Crippen molar-refractivity contribution in [2.75, 3.05) is 23.6 Å². The Kier molecular flexibility index (Phi) is 5.37. The summed E-state index contributed by atoms with van der Waals surface area (Å²) in [7, 11) is -3.29. The predicted octanol–water partition coefficient (Wildman–Crippen LogP) is 1.13. The van der Waals surface area contributed by atoms with Crippen LogP contribution in [0.25, 0.3) is 0 Å². The van der Waals surface area contributed by atoms with Crippen LogP contribution in [-0.2, 0) is 10.0 Å². The van der Waals surface area contributed by atoms with Crippen LogP contribution in [0.15, 0.2) is 18.3 Å². The normalized spacial score (nSPS) is 11.4. The highest BCUT2D eigenvalue weighted by atomic mass is 32.2. The summed E-state index contributed by atoms with van der Waals surface area (Å²) >= 11 is 0. The molecule has 0 aliphatic carbocycles. The zero-order chi connectivity index (χ0) is 12.7.